The molecule has 2 aliphatic heterocycles. The van der Waals surface area contributed by atoms with E-state index in [1.807, 2.05) is 13.8 Å². The van der Waals surface area contributed by atoms with E-state index in [2.05, 4.69) is 26.2 Å². The summed E-state index contributed by atoms with van der Waals surface area (Å²) < 4.78 is 6.04. The second kappa shape index (κ2) is 15.0. The van der Waals surface area contributed by atoms with Crippen molar-refractivity contribution < 1.29 is 23.9 Å². The van der Waals surface area contributed by atoms with Gasteiger partial charge in [0.1, 0.15) is 18.4 Å². The zero-order valence-corrected chi connectivity index (χ0v) is 24.5. The fourth-order valence-corrected chi connectivity index (χ4v) is 5.10. The van der Waals surface area contributed by atoms with Crippen molar-refractivity contribution in [3.63, 3.8) is 0 Å². The maximum Gasteiger partial charge on any atom is 0.255 e. The van der Waals surface area contributed by atoms with E-state index in [-0.39, 0.29) is 61.1 Å². The van der Waals surface area contributed by atoms with E-state index in [0.29, 0.717) is 12.3 Å². The summed E-state index contributed by atoms with van der Waals surface area (Å²) in [4.78, 5) is 54.7. The molecule has 10 heteroatoms. The Bertz CT molecular complexity index is 1020. The maximum absolute atomic E-state index is 13.4. The summed E-state index contributed by atoms with van der Waals surface area (Å²) in [5.41, 5.74) is -0.502. The van der Waals surface area contributed by atoms with Gasteiger partial charge in [-0.1, -0.05) is 38.8 Å². The third kappa shape index (κ3) is 10.1. The predicted octanol–water partition coefficient (Wildman–Crippen LogP) is 2.38. The van der Waals surface area contributed by atoms with Gasteiger partial charge in [0.15, 0.2) is 0 Å². The summed E-state index contributed by atoms with van der Waals surface area (Å²) in [6, 6.07) is 5.63. The van der Waals surface area contributed by atoms with E-state index >= 15 is 0 Å². The minimum Gasteiger partial charge on any atom is -0.491 e. The smallest absolute Gasteiger partial charge is 0.255 e. The third-order valence-electron chi connectivity index (χ3n) is 7.49. The molecule has 0 spiro atoms. The van der Waals surface area contributed by atoms with Crippen molar-refractivity contribution >= 4 is 23.6 Å². The number of carbonyl (C=O) groups is 4. The van der Waals surface area contributed by atoms with Crippen LogP contribution in [-0.2, 0) is 14.4 Å². The first-order valence-corrected chi connectivity index (χ1v) is 14.7. The van der Waals surface area contributed by atoms with Crippen molar-refractivity contribution in [3.05, 3.63) is 29.8 Å². The van der Waals surface area contributed by atoms with Crippen LogP contribution in [0.4, 0.5) is 0 Å². The van der Waals surface area contributed by atoms with Crippen molar-refractivity contribution in [2.75, 3.05) is 32.8 Å². The van der Waals surface area contributed by atoms with Crippen LogP contribution in [0.5, 0.6) is 5.75 Å². The number of carbonyl (C=O) groups excluding carboxylic acids is 4. The largest absolute Gasteiger partial charge is 0.491 e. The van der Waals surface area contributed by atoms with Crippen molar-refractivity contribution in [2.45, 2.75) is 90.3 Å². The number of fused-ring (bicyclic) bond motifs is 1. The summed E-state index contributed by atoms with van der Waals surface area (Å²) in [6.45, 7) is 11.0. The Hall–Kier alpha value is -3.14. The molecule has 3 rings (SSSR count). The molecule has 2 heterocycles. The number of amides is 4. The lowest BCUT2D eigenvalue weighted by Gasteiger charge is -2.29. The molecule has 4 amide bonds. The van der Waals surface area contributed by atoms with E-state index in [1.165, 1.54) is 25.7 Å². The van der Waals surface area contributed by atoms with Crippen LogP contribution in [0, 0.1) is 5.92 Å². The van der Waals surface area contributed by atoms with Gasteiger partial charge in [0.25, 0.3) is 5.91 Å². The molecule has 40 heavy (non-hydrogen) atoms. The van der Waals surface area contributed by atoms with Crippen molar-refractivity contribution in [3.8, 4) is 5.75 Å². The highest BCUT2D eigenvalue weighted by atomic mass is 16.5. The van der Waals surface area contributed by atoms with E-state index in [4.69, 9.17) is 4.74 Å². The lowest BCUT2D eigenvalue weighted by molar-refractivity contribution is -0.126. The molecule has 0 bridgehead atoms. The summed E-state index contributed by atoms with van der Waals surface area (Å²) in [6.07, 6.45) is 5.04. The van der Waals surface area contributed by atoms with Gasteiger partial charge in [-0.3, -0.25) is 19.2 Å². The Morgan fingerprint density at radius 3 is 2.45 bits per heavy atom. The number of benzene rings is 1. The van der Waals surface area contributed by atoms with Crippen LogP contribution in [-0.4, -0.2) is 78.9 Å². The van der Waals surface area contributed by atoms with Gasteiger partial charge in [0.2, 0.25) is 17.7 Å². The fraction of sp³-hybridized carbons (Fsp3) is 0.667. The molecule has 0 unspecified atom stereocenters. The summed E-state index contributed by atoms with van der Waals surface area (Å²) in [5.74, 6) is -0.831. The van der Waals surface area contributed by atoms with Crippen LogP contribution in [0.3, 0.4) is 0 Å². The SMILES string of the molecule is CC(C)[C@@H]1COc2ccccc2C(=O)N[C@H](C(=O)NCCN2CCCCCC2)CCC(=O)NC(C)(C)CC(=O)N1. The number of rotatable bonds is 5. The predicted molar refractivity (Wildman–Crippen MR) is 154 cm³/mol. The summed E-state index contributed by atoms with van der Waals surface area (Å²) in [5, 5.41) is 11.7. The highest BCUT2D eigenvalue weighted by Crippen LogP contribution is 2.20. The monoisotopic (exact) mass is 557 g/mol. The fourth-order valence-electron chi connectivity index (χ4n) is 5.10. The number of nitrogens with one attached hydrogen (secondary N) is 4. The zero-order chi connectivity index (χ0) is 29.1. The average molecular weight is 558 g/mol. The Labute approximate surface area is 238 Å². The van der Waals surface area contributed by atoms with E-state index in [1.54, 1.807) is 38.1 Å². The Kier molecular flexibility index (Phi) is 11.8. The van der Waals surface area contributed by atoms with E-state index < -0.39 is 17.5 Å². The molecule has 0 aromatic heterocycles. The number of hydrogen-bond acceptors (Lipinski definition) is 6. The number of ether oxygens (including phenoxy) is 1. The van der Waals surface area contributed by atoms with Gasteiger partial charge < -0.3 is 30.9 Å². The van der Waals surface area contributed by atoms with Crippen LogP contribution in [0.25, 0.3) is 0 Å². The first-order valence-electron chi connectivity index (χ1n) is 14.7. The molecule has 1 fully saturated rings. The topological polar surface area (TPSA) is 129 Å². The molecule has 1 saturated heterocycles. The van der Waals surface area contributed by atoms with Gasteiger partial charge in [-0.2, -0.15) is 0 Å². The minimum absolute atomic E-state index is 0.0162. The molecular weight excluding hydrogens is 510 g/mol. The summed E-state index contributed by atoms with van der Waals surface area (Å²) >= 11 is 0. The lowest BCUT2D eigenvalue weighted by Crippen LogP contribution is -2.51. The molecule has 1 aromatic carbocycles. The number of para-hydroxylation sites is 1. The normalized spacial score (nSPS) is 23.6. The van der Waals surface area contributed by atoms with Gasteiger partial charge in [-0.25, -0.2) is 0 Å². The Morgan fingerprint density at radius 1 is 1.05 bits per heavy atom. The average Bonchev–Trinajstić information content (AvgIpc) is 3.16. The Morgan fingerprint density at radius 2 is 1.75 bits per heavy atom. The molecule has 2 aliphatic rings. The molecule has 0 saturated carbocycles. The minimum atomic E-state index is -0.904. The van der Waals surface area contributed by atoms with Gasteiger partial charge in [0.05, 0.1) is 11.6 Å². The van der Waals surface area contributed by atoms with Crippen LogP contribution < -0.4 is 26.0 Å². The van der Waals surface area contributed by atoms with Crippen LogP contribution >= 0.6 is 0 Å². The maximum atomic E-state index is 13.4. The first-order chi connectivity index (χ1) is 19.0. The van der Waals surface area contributed by atoms with Crippen LogP contribution in [0.15, 0.2) is 24.3 Å². The quantitative estimate of drug-likeness (QED) is 0.440. The van der Waals surface area contributed by atoms with Gasteiger partial charge in [-0.15, -0.1) is 0 Å². The molecular formula is C30H47N5O5. The molecule has 0 aliphatic carbocycles. The van der Waals surface area contributed by atoms with E-state index in [9.17, 15) is 19.2 Å². The molecule has 2 atom stereocenters. The van der Waals surface area contributed by atoms with Crippen molar-refractivity contribution in [1.29, 1.82) is 0 Å². The van der Waals surface area contributed by atoms with E-state index in [0.717, 1.165) is 19.6 Å². The first kappa shape index (κ1) is 31.4. The molecule has 222 valence electrons. The van der Waals surface area contributed by atoms with Gasteiger partial charge >= 0.3 is 0 Å². The van der Waals surface area contributed by atoms with Crippen LogP contribution in [0.1, 0.15) is 83.0 Å². The van der Waals surface area contributed by atoms with Crippen LogP contribution in [0.2, 0.25) is 0 Å². The molecule has 1 aromatic rings. The second-order valence-electron chi connectivity index (χ2n) is 11.9. The molecule has 10 nitrogen and oxygen atoms in total. The van der Waals surface area contributed by atoms with Crippen molar-refractivity contribution in [2.24, 2.45) is 5.92 Å². The second-order valence-corrected chi connectivity index (χ2v) is 11.9. The van der Waals surface area contributed by atoms with Crippen molar-refractivity contribution in [1.82, 2.24) is 26.2 Å². The van der Waals surface area contributed by atoms with Gasteiger partial charge in [0, 0.05) is 31.5 Å². The highest BCUT2D eigenvalue weighted by Gasteiger charge is 2.29. The van der Waals surface area contributed by atoms with Gasteiger partial charge in [-0.05, 0) is 64.3 Å². The number of hydrogen-bond donors (Lipinski definition) is 4. The number of likely N-dealkylation sites (tertiary alicyclic amines) is 1. The highest BCUT2D eigenvalue weighted by molar-refractivity contribution is 5.99. The molecule has 4 N–H and O–H groups in total. The standard InChI is InChI=1S/C30H47N5O5/c1-21(2)24-20-40-25-12-8-7-11-22(25)28(38)33-23(13-14-26(36)34-30(3,4)19-27(37)32-24)29(39)31-15-18-35-16-9-5-6-10-17-35/h7-8,11-12,21,23-24H,5-6,9-10,13-20H2,1-4H3,(H,31,39)(H,32,37)(H,33,38)(H,34,36)/t23-,24-/m0/s1. The zero-order valence-electron chi connectivity index (χ0n) is 24.5. The third-order valence-corrected chi connectivity index (χ3v) is 7.49. The molecule has 0 radical (unpaired) electrons. The number of nitrogens with zero attached hydrogens (tertiary/aromatic N) is 1. The summed E-state index contributed by atoms with van der Waals surface area (Å²) in [7, 11) is 0. The Balaban J connectivity index is 1.77. The lowest BCUT2D eigenvalue weighted by atomic mass is 9.98.